The first-order valence-electron chi connectivity index (χ1n) is 17.4. The maximum absolute atomic E-state index is 14.0. The second kappa shape index (κ2) is 12.3. The monoisotopic (exact) mass is 665 g/mol. The summed E-state index contributed by atoms with van der Waals surface area (Å²) in [6.07, 6.45) is 7.06. The Morgan fingerprint density at radius 1 is 0.939 bits per heavy atom. The van der Waals surface area contributed by atoms with Gasteiger partial charge in [0.25, 0.3) is 0 Å². The van der Waals surface area contributed by atoms with Crippen molar-refractivity contribution in [1.29, 1.82) is 0 Å². The van der Waals surface area contributed by atoms with Crippen molar-refractivity contribution in [2.24, 2.45) is 5.41 Å². The van der Waals surface area contributed by atoms with E-state index in [1.54, 1.807) is 15.6 Å². The Labute approximate surface area is 288 Å². The summed E-state index contributed by atoms with van der Waals surface area (Å²) in [6, 6.07) is 16.0. The third kappa shape index (κ3) is 7.21. The first kappa shape index (κ1) is 32.9. The van der Waals surface area contributed by atoms with Gasteiger partial charge in [0.05, 0.1) is 18.4 Å². The quantitative estimate of drug-likeness (QED) is 0.209. The van der Waals surface area contributed by atoms with Crippen molar-refractivity contribution >= 4 is 29.5 Å². The summed E-state index contributed by atoms with van der Waals surface area (Å²) in [5, 5.41) is 4.78. The molecule has 1 spiro atoms. The number of benzene rings is 1. The van der Waals surface area contributed by atoms with Gasteiger partial charge >= 0.3 is 12.2 Å². The van der Waals surface area contributed by atoms with Gasteiger partial charge in [-0.3, -0.25) is 9.88 Å². The minimum Gasteiger partial charge on any atom is -0.444 e. The number of hydrogen-bond acceptors (Lipinski definition) is 8. The zero-order valence-corrected chi connectivity index (χ0v) is 29.5. The van der Waals surface area contributed by atoms with Gasteiger partial charge in [-0.05, 0) is 90.8 Å². The van der Waals surface area contributed by atoms with E-state index in [9.17, 15) is 9.59 Å². The van der Waals surface area contributed by atoms with Crippen molar-refractivity contribution in [2.45, 2.75) is 90.9 Å². The van der Waals surface area contributed by atoms with Crippen LogP contribution >= 0.6 is 0 Å². The molecule has 1 aromatic carbocycles. The molecule has 1 aliphatic carbocycles. The molecule has 2 amide bonds. The average Bonchev–Trinajstić information content (AvgIpc) is 3.79. The second-order valence-corrected chi connectivity index (χ2v) is 15.9. The van der Waals surface area contributed by atoms with Crippen LogP contribution in [0.4, 0.5) is 21.2 Å². The van der Waals surface area contributed by atoms with Gasteiger partial charge < -0.3 is 19.3 Å². The van der Waals surface area contributed by atoms with E-state index in [4.69, 9.17) is 19.6 Å². The predicted molar refractivity (Wildman–Crippen MR) is 189 cm³/mol. The fourth-order valence-corrected chi connectivity index (χ4v) is 6.77. The van der Waals surface area contributed by atoms with Crippen LogP contribution in [0.5, 0.6) is 0 Å². The van der Waals surface area contributed by atoms with Crippen LogP contribution in [-0.2, 0) is 16.0 Å². The lowest BCUT2D eigenvalue weighted by atomic mass is 9.72. The fourth-order valence-electron chi connectivity index (χ4n) is 6.77. The molecule has 3 aromatic heterocycles. The van der Waals surface area contributed by atoms with Crippen molar-refractivity contribution in [1.82, 2.24) is 24.5 Å². The molecule has 0 bridgehead atoms. The largest absolute Gasteiger partial charge is 0.444 e. The number of rotatable bonds is 6. The first-order chi connectivity index (χ1) is 23.3. The SMILES string of the molecule is CC(C)(C)OC(=O)N1CCC2(CC1)CN(c1cc(N(Cc3ccc(-c4ccccn4)cc3)C(=O)OC(C)(C)C)n3ncc(C4CC4)c3n1)C2. The van der Waals surface area contributed by atoms with Crippen LogP contribution in [0.2, 0.25) is 0 Å². The molecule has 0 N–H and O–H groups in total. The molecule has 3 fully saturated rings. The number of carbonyl (C=O) groups excluding carboxylic acids is 2. The van der Waals surface area contributed by atoms with Crippen molar-refractivity contribution in [3.05, 3.63) is 72.1 Å². The minimum absolute atomic E-state index is 0.117. The molecule has 258 valence electrons. The van der Waals surface area contributed by atoms with Gasteiger partial charge in [-0.25, -0.2) is 14.6 Å². The molecular weight excluding hydrogens is 618 g/mol. The summed E-state index contributed by atoms with van der Waals surface area (Å²) in [4.78, 5) is 42.1. The van der Waals surface area contributed by atoms with Crippen LogP contribution in [0.3, 0.4) is 0 Å². The Balaban J connectivity index is 1.17. The molecule has 2 aliphatic heterocycles. The van der Waals surface area contributed by atoms with Crippen LogP contribution in [0.1, 0.15) is 84.3 Å². The Morgan fingerprint density at radius 2 is 1.63 bits per heavy atom. The van der Waals surface area contributed by atoms with E-state index >= 15 is 0 Å². The molecule has 5 heterocycles. The van der Waals surface area contributed by atoms with Gasteiger partial charge in [-0.15, -0.1) is 0 Å². The molecule has 0 atom stereocenters. The number of carbonyl (C=O) groups is 2. The molecule has 1 saturated carbocycles. The summed E-state index contributed by atoms with van der Waals surface area (Å²) in [5.74, 6) is 1.88. The van der Waals surface area contributed by atoms with Crippen LogP contribution in [0.25, 0.3) is 16.9 Å². The van der Waals surface area contributed by atoms with Crippen molar-refractivity contribution < 1.29 is 19.1 Å². The van der Waals surface area contributed by atoms with E-state index in [1.807, 2.05) is 101 Å². The molecule has 0 unspecified atom stereocenters. The molecule has 4 aromatic rings. The van der Waals surface area contributed by atoms with Crippen LogP contribution in [0, 0.1) is 5.41 Å². The molecule has 7 rings (SSSR count). The van der Waals surface area contributed by atoms with Crippen molar-refractivity contribution in [3.8, 4) is 11.3 Å². The summed E-state index contributed by atoms with van der Waals surface area (Å²) >= 11 is 0. The second-order valence-electron chi connectivity index (χ2n) is 15.9. The first-order valence-corrected chi connectivity index (χ1v) is 17.4. The number of nitrogens with zero attached hydrogens (tertiary/aromatic N) is 7. The summed E-state index contributed by atoms with van der Waals surface area (Å²) in [6.45, 7) is 14.7. The minimum atomic E-state index is -0.686. The smallest absolute Gasteiger partial charge is 0.416 e. The normalized spacial score (nSPS) is 17.6. The number of piperidine rings is 1. The number of hydrogen-bond donors (Lipinski definition) is 0. The number of likely N-dealkylation sites (tertiary alicyclic amines) is 1. The topological polar surface area (TPSA) is 105 Å². The van der Waals surface area contributed by atoms with E-state index in [1.165, 1.54) is 0 Å². The van der Waals surface area contributed by atoms with Crippen LogP contribution < -0.4 is 9.80 Å². The van der Waals surface area contributed by atoms with Gasteiger partial charge in [0.2, 0.25) is 0 Å². The van der Waals surface area contributed by atoms with Gasteiger partial charge in [-0.1, -0.05) is 30.3 Å². The number of aromatic nitrogens is 4. The molecular formula is C38H47N7O4. The zero-order valence-electron chi connectivity index (χ0n) is 29.5. The van der Waals surface area contributed by atoms with Crippen molar-refractivity contribution in [2.75, 3.05) is 36.0 Å². The summed E-state index contributed by atoms with van der Waals surface area (Å²) < 4.78 is 13.4. The number of amides is 2. The van der Waals surface area contributed by atoms with E-state index in [0.717, 1.165) is 72.6 Å². The highest BCUT2D eigenvalue weighted by atomic mass is 16.6. The molecule has 49 heavy (non-hydrogen) atoms. The Morgan fingerprint density at radius 3 is 2.24 bits per heavy atom. The lowest BCUT2D eigenvalue weighted by molar-refractivity contribution is 0.00586. The van der Waals surface area contributed by atoms with Crippen molar-refractivity contribution in [3.63, 3.8) is 0 Å². The molecule has 0 radical (unpaired) electrons. The summed E-state index contributed by atoms with van der Waals surface area (Å²) in [7, 11) is 0. The number of fused-ring (bicyclic) bond motifs is 1. The fraction of sp³-hybridized carbons (Fsp3) is 0.500. The molecule has 11 heteroatoms. The van der Waals surface area contributed by atoms with E-state index in [2.05, 4.69) is 9.88 Å². The lowest BCUT2D eigenvalue weighted by Crippen LogP contribution is -2.61. The number of anilines is 2. The van der Waals surface area contributed by atoms with Gasteiger partial charge in [0.15, 0.2) is 5.65 Å². The number of ether oxygens (including phenoxy) is 2. The predicted octanol–water partition coefficient (Wildman–Crippen LogP) is 7.45. The van der Waals surface area contributed by atoms with Gasteiger partial charge in [0.1, 0.15) is 22.8 Å². The highest BCUT2D eigenvalue weighted by molar-refractivity contribution is 5.88. The summed E-state index contributed by atoms with van der Waals surface area (Å²) in [5.41, 5.74) is 3.68. The van der Waals surface area contributed by atoms with Crippen LogP contribution in [-0.4, -0.2) is 74.0 Å². The van der Waals surface area contributed by atoms with E-state index < -0.39 is 17.3 Å². The van der Waals surface area contributed by atoms with E-state index in [0.29, 0.717) is 31.4 Å². The molecule has 2 saturated heterocycles. The standard InChI is InChI=1S/C38H47N7O4/c1-36(2,3)48-34(46)42-19-16-38(17-20-42)24-43(25-38)31-21-32(45-33(41-31)29(22-40-45)27-14-15-27)44(35(47)49-37(4,5)6)23-26-10-12-28(13-11-26)30-9-7-8-18-39-30/h7-13,18,21-22,27H,14-17,19-20,23-25H2,1-6H3. The lowest BCUT2D eigenvalue weighted by Gasteiger charge is -2.54. The average molecular weight is 666 g/mol. The van der Waals surface area contributed by atoms with Crippen LogP contribution in [0.15, 0.2) is 60.9 Å². The van der Waals surface area contributed by atoms with Gasteiger partial charge in [0, 0.05) is 55.0 Å². The maximum atomic E-state index is 14.0. The van der Waals surface area contributed by atoms with E-state index in [-0.39, 0.29) is 11.5 Å². The highest BCUT2D eigenvalue weighted by Gasteiger charge is 2.47. The highest BCUT2D eigenvalue weighted by Crippen LogP contribution is 2.45. The molecule has 3 aliphatic rings. The number of pyridine rings is 1. The third-order valence-corrected chi connectivity index (χ3v) is 9.48. The third-order valence-electron chi connectivity index (χ3n) is 9.48. The Hall–Kier alpha value is -4.67. The Bertz CT molecular complexity index is 1820. The zero-order chi connectivity index (χ0) is 34.6. The molecule has 11 nitrogen and oxygen atoms in total. The Kier molecular flexibility index (Phi) is 8.27. The van der Waals surface area contributed by atoms with Gasteiger partial charge in [-0.2, -0.15) is 9.61 Å². The maximum Gasteiger partial charge on any atom is 0.416 e.